The Morgan fingerprint density at radius 2 is 2.04 bits per heavy atom. The van der Waals surface area contributed by atoms with Gasteiger partial charge in [-0.05, 0) is 23.9 Å². The highest BCUT2D eigenvalue weighted by Gasteiger charge is 2.30. The third-order valence-electron chi connectivity index (χ3n) is 4.03. The van der Waals surface area contributed by atoms with Crippen LogP contribution in [-0.4, -0.2) is 50.5 Å². The summed E-state index contributed by atoms with van der Waals surface area (Å²) in [6.45, 7) is 1.63. The van der Waals surface area contributed by atoms with Crippen LogP contribution in [-0.2, 0) is 21.2 Å². The van der Waals surface area contributed by atoms with E-state index in [1.165, 1.54) is 21.3 Å². The normalized spacial score (nSPS) is 15.7. The fraction of sp³-hybridized carbons (Fsp3) is 0.375. The average Bonchev–Trinajstić information content (AvgIpc) is 3.16. The molecule has 8 nitrogen and oxygen atoms in total. The predicted octanol–water partition coefficient (Wildman–Crippen LogP) is 2.33. The molecule has 1 N–H and O–H groups in total. The monoisotopic (exact) mass is 397 g/mol. The minimum Gasteiger partial charge on any atom is -0.384 e. The van der Waals surface area contributed by atoms with E-state index in [0.29, 0.717) is 25.4 Å². The van der Waals surface area contributed by atoms with Crippen LogP contribution in [0.25, 0.3) is 0 Å². The van der Waals surface area contributed by atoms with Crippen molar-refractivity contribution in [3.05, 3.63) is 50.7 Å². The Hall–Kier alpha value is -2.01. The van der Waals surface area contributed by atoms with E-state index >= 15 is 0 Å². The summed E-state index contributed by atoms with van der Waals surface area (Å²) in [6.07, 6.45) is 0.742. The molecule has 0 amide bonds. The van der Waals surface area contributed by atoms with Crippen LogP contribution >= 0.6 is 11.3 Å². The Kier molecular flexibility index (Phi) is 5.87. The van der Waals surface area contributed by atoms with Crippen LogP contribution in [0.15, 0.2) is 40.6 Å². The summed E-state index contributed by atoms with van der Waals surface area (Å²) >= 11 is 1.63. The highest BCUT2D eigenvalue weighted by molar-refractivity contribution is 7.89. The van der Waals surface area contributed by atoms with Crippen LogP contribution in [0.2, 0.25) is 0 Å². The lowest BCUT2D eigenvalue weighted by atomic mass is 10.2. The maximum atomic E-state index is 13.0. The van der Waals surface area contributed by atoms with Gasteiger partial charge in [0.25, 0.3) is 5.69 Å². The molecule has 0 aliphatic carbocycles. The lowest BCUT2D eigenvalue weighted by Crippen LogP contribution is -2.40. The number of nitrogens with one attached hydrogen (secondary N) is 1. The molecule has 2 aromatic rings. The van der Waals surface area contributed by atoms with Crippen molar-refractivity contribution < 1.29 is 18.1 Å². The summed E-state index contributed by atoms with van der Waals surface area (Å²) < 4.78 is 32.5. The summed E-state index contributed by atoms with van der Waals surface area (Å²) in [5.41, 5.74) is 0.124. The molecule has 2 heterocycles. The van der Waals surface area contributed by atoms with E-state index in [0.717, 1.165) is 12.5 Å². The fourth-order valence-corrected chi connectivity index (χ4v) is 4.99. The minimum atomic E-state index is -3.84. The standard InChI is InChI=1S/C16H19N3O5S2/c20-19(21)13-3-4-15(17-6-5-14-2-1-11-25-14)16(12-13)26(22,23)18-7-9-24-10-8-18/h1-4,11-12,17H,5-10H2. The zero-order valence-corrected chi connectivity index (χ0v) is 15.6. The highest BCUT2D eigenvalue weighted by atomic mass is 32.2. The van der Waals surface area contributed by atoms with Crippen molar-refractivity contribution >= 4 is 32.7 Å². The van der Waals surface area contributed by atoms with Gasteiger partial charge >= 0.3 is 0 Å². The molecule has 10 heteroatoms. The molecule has 0 spiro atoms. The number of ether oxygens (including phenoxy) is 1. The molecule has 0 unspecified atom stereocenters. The number of morpholine rings is 1. The second-order valence-corrected chi connectivity index (χ2v) is 8.65. The molecule has 26 heavy (non-hydrogen) atoms. The average molecular weight is 397 g/mol. The summed E-state index contributed by atoms with van der Waals surface area (Å²) in [5.74, 6) is 0. The maximum Gasteiger partial charge on any atom is 0.270 e. The number of benzene rings is 1. The molecule has 0 saturated carbocycles. The molecule has 1 aromatic carbocycles. The van der Waals surface area contributed by atoms with Crippen molar-refractivity contribution in [2.75, 3.05) is 38.2 Å². The number of anilines is 1. The van der Waals surface area contributed by atoms with E-state index in [-0.39, 0.29) is 23.7 Å². The Morgan fingerprint density at radius 1 is 1.27 bits per heavy atom. The van der Waals surface area contributed by atoms with E-state index in [9.17, 15) is 18.5 Å². The van der Waals surface area contributed by atoms with Crippen molar-refractivity contribution in [2.24, 2.45) is 0 Å². The minimum absolute atomic E-state index is 0.0696. The van der Waals surface area contributed by atoms with Crippen LogP contribution in [0.3, 0.4) is 0 Å². The first kappa shape index (κ1) is 18.8. The highest BCUT2D eigenvalue weighted by Crippen LogP contribution is 2.29. The molecule has 140 valence electrons. The smallest absolute Gasteiger partial charge is 0.270 e. The summed E-state index contributed by atoms with van der Waals surface area (Å²) in [5, 5.41) is 16.2. The molecule has 1 saturated heterocycles. The van der Waals surface area contributed by atoms with Gasteiger partial charge in [0.15, 0.2) is 0 Å². The second kappa shape index (κ2) is 8.12. The van der Waals surface area contributed by atoms with E-state index in [1.54, 1.807) is 11.3 Å². The fourth-order valence-electron chi connectivity index (χ4n) is 2.69. The first-order valence-electron chi connectivity index (χ1n) is 8.11. The molecule has 1 aromatic heterocycles. The van der Waals surface area contributed by atoms with Gasteiger partial charge in [-0.3, -0.25) is 10.1 Å². The largest absolute Gasteiger partial charge is 0.384 e. The Morgan fingerprint density at radius 3 is 2.69 bits per heavy atom. The van der Waals surface area contributed by atoms with Crippen molar-refractivity contribution in [1.29, 1.82) is 0 Å². The van der Waals surface area contributed by atoms with Crippen LogP contribution in [0.1, 0.15) is 4.88 Å². The molecular formula is C16H19N3O5S2. The number of nitro groups is 1. The number of nitro benzene ring substituents is 1. The summed E-state index contributed by atoms with van der Waals surface area (Å²) in [6, 6.07) is 7.86. The van der Waals surface area contributed by atoms with Gasteiger partial charge in [0, 0.05) is 36.6 Å². The van der Waals surface area contributed by atoms with E-state index in [2.05, 4.69) is 5.32 Å². The molecule has 1 fully saturated rings. The second-order valence-electron chi connectivity index (χ2n) is 5.71. The quantitative estimate of drug-likeness (QED) is 0.568. The molecule has 0 bridgehead atoms. The zero-order valence-electron chi connectivity index (χ0n) is 14.0. The topological polar surface area (TPSA) is 102 Å². The van der Waals surface area contributed by atoms with E-state index < -0.39 is 14.9 Å². The number of hydrogen-bond acceptors (Lipinski definition) is 7. The first-order chi connectivity index (χ1) is 12.5. The number of nitrogens with zero attached hydrogens (tertiary/aromatic N) is 2. The van der Waals surface area contributed by atoms with Crippen LogP contribution in [0, 0.1) is 10.1 Å². The van der Waals surface area contributed by atoms with Crippen molar-refractivity contribution in [1.82, 2.24) is 4.31 Å². The number of sulfonamides is 1. The zero-order chi connectivity index (χ0) is 18.6. The summed E-state index contributed by atoms with van der Waals surface area (Å²) in [4.78, 5) is 11.6. The van der Waals surface area contributed by atoms with Gasteiger partial charge in [-0.2, -0.15) is 4.31 Å². The van der Waals surface area contributed by atoms with Gasteiger partial charge in [-0.1, -0.05) is 6.07 Å². The van der Waals surface area contributed by atoms with E-state index in [4.69, 9.17) is 4.74 Å². The predicted molar refractivity (Wildman–Crippen MR) is 99.2 cm³/mol. The number of thiophene rings is 1. The van der Waals surface area contributed by atoms with Crippen molar-refractivity contribution in [2.45, 2.75) is 11.3 Å². The van der Waals surface area contributed by atoms with E-state index in [1.807, 2.05) is 17.5 Å². The first-order valence-corrected chi connectivity index (χ1v) is 10.4. The third kappa shape index (κ3) is 4.21. The molecule has 3 rings (SSSR count). The van der Waals surface area contributed by atoms with Gasteiger partial charge in [-0.25, -0.2) is 8.42 Å². The molecule has 0 atom stereocenters. The third-order valence-corrected chi connectivity index (χ3v) is 6.91. The molecule has 1 aliphatic heterocycles. The van der Waals surface area contributed by atoms with Gasteiger partial charge in [-0.15, -0.1) is 11.3 Å². The SMILES string of the molecule is O=[N+]([O-])c1ccc(NCCc2cccs2)c(S(=O)(=O)N2CCOCC2)c1. The van der Waals surface area contributed by atoms with Crippen LogP contribution < -0.4 is 5.32 Å². The Balaban J connectivity index is 1.86. The molecule has 0 radical (unpaired) electrons. The Bertz CT molecular complexity index is 862. The summed E-state index contributed by atoms with van der Waals surface area (Å²) in [7, 11) is -3.84. The van der Waals surface area contributed by atoms with Crippen molar-refractivity contribution in [3.63, 3.8) is 0 Å². The molecule has 1 aliphatic rings. The van der Waals surface area contributed by atoms with Crippen LogP contribution in [0.5, 0.6) is 0 Å². The van der Waals surface area contributed by atoms with Crippen molar-refractivity contribution in [3.8, 4) is 0 Å². The molecular weight excluding hydrogens is 378 g/mol. The lowest BCUT2D eigenvalue weighted by molar-refractivity contribution is -0.385. The maximum absolute atomic E-state index is 13.0. The van der Waals surface area contributed by atoms with Gasteiger partial charge in [0.1, 0.15) is 4.90 Å². The number of rotatable bonds is 7. The van der Waals surface area contributed by atoms with Gasteiger partial charge < -0.3 is 10.1 Å². The van der Waals surface area contributed by atoms with Crippen LogP contribution in [0.4, 0.5) is 11.4 Å². The number of non-ortho nitro benzene ring substituents is 1. The lowest BCUT2D eigenvalue weighted by Gasteiger charge is -2.27. The number of hydrogen-bond donors (Lipinski definition) is 1. The van der Waals surface area contributed by atoms with Gasteiger partial charge in [0.05, 0.1) is 23.8 Å². The Labute approximate surface area is 155 Å². The van der Waals surface area contributed by atoms with Gasteiger partial charge in [0.2, 0.25) is 10.0 Å².